The van der Waals surface area contributed by atoms with Gasteiger partial charge in [-0.15, -0.1) is 0 Å². The molecule has 104 valence electrons. The first-order valence-corrected chi connectivity index (χ1v) is 7.02. The van der Waals surface area contributed by atoms with E-state index in [1.165, 1.54) is 0 Å². The van der Waals surface area contributed by atoms with E-state index >= 15 is 0 Å². The van der Waals surface area contributed by atoms with Crippen LogP contribution in [-0.4, -0.2) is 24.0 Å². The molecule has 2 aromatic rings. The summed E-state index contributed by atoms with van der Waals surface area (Å²) < 4.78 is 0. The van der Waals surface area contributed by atoms with Gasteiger partial charge in [0.25, 0.3) is 0 Å². The van der Waals surface area contributed by atoms with E-state index in [4.69, 9.17) is 0 Å². The molecule has 4 nitrogen and oxygen atoms in total. The number of nitrogens with zero attached hydrogens (tertiary/aromatic N) is 1. The number of hydrogen-bond acceptors (Lipinski definition) is 3. The lowest BCUT2D eigenvalue weighted by Crippen LogP contribution is -2.48. The van der Waals surface area contributed by atoms with E-state index in [1.807, 2.05) is 38.1 Å². The summed E-state index contributed by atoms with van der Waals surface area (Å²) in [7, 11) is 0. The summed E-state index contributed by atoms with van der Waals surface area (Å²) in [6, 6.07) is 7.86. The van der Waals surface area contributed by atoms with E-state index in [1.54, 1.807) is 6.20 Å². The van der Waals surface area contributed by atoms with Crippen molar-refractivity contribution in [3.63, 3.8) is 0 Å². The molecule has 20 heavy (non-hydrogen) atoms. The molecule has 1 unspecified atom stereocenters. The van der Waals surface area contributed by atoms with Crippen LogP contribution in [0.25, 0.3) is 10.9 Å². The minimum Gasteiger partial charge on any atom is -0.325 e. The molecule has 0 radical (unpaired) electrons. The quantitative estimate of drug-likeness (QED) is 0.899. The number of fused-ring (bicyclic) bond motifs is 1. The molecular weight excluding hydrogens is 250 g/mol. The fraction of sp³-hybridized carbons (Fsp3) is 0.375. The summed E-state index contributed by atoms with van der Waals surface area (Å²) in [5.41, 5.74) is 2.92. The lowest BCUT2D eigenvalue weighted by atomic mass is 9.88. The number of pyridine rings is 1. The number of benzene rings is 1. The molecule has 4 heteroatoms. The minimum atomic E-state index is 0.0317. The van der Waals surface area contributed by atoms with E-state index in [9.17, 15) is 4.79 Å². The van der Waals surface area contributed by atoms with Crippen LogP contribution >= 0.6 is 0 Å². The van der Waals surface area contributed by atoms with Gasteiger partial charge in [0, 0.05) is 17.5 Å². The van der Waals surface area contributed by atoms with Gasteiger partial charge < -0.3 is 10.6 Å². The maximum absolute atomic E-state index is 12.3. The number of rotatable bonds is 3. The van der Waals surface area contributed by atoms with Crippen LogP contribution in [0.15, 0.2) is 30.5 Å². The number of nitrogens with one attached hydrogen (secondary N) is 2. The number of anilines is 1. The predicted molar refractivity (Wildman–Crippen MR) is 80.6 cm³/mol. The first-order chi connectivity index (χ1) is 9.66. The van der Waals surface area contributed by atoms with Crippen LogP contribution in [0.5, 0.6) is 0 Å². The molecule has 3 rings (SSSR count). The molecule has 0 aliphatic carbocycles. The third-order valence-electron chi connectivity index (χ3n) is 4.16. The highest BCUT2D eigenvalue weighted by Gasteiger charge is 2.28. The molecule has 1 aromatic heterocycles. The normalized spacial score (nSPS) is 16.7. The zero-order valence-electron chi connectivity index (χ0n) is 11.8. The molecule has 1 fully saturated rings. The van der Waals surface area contributed by atoms with Crippen molar-refractivity contribution in [1.82, 2.24) is 10.3 Å². The summed E-state index contributed by atoms with van der Waals surface area (Å²) in [4.78, 5) is 16.7. The molecule has 2 N–H and O–H groups in total. The van der Waals surface area contributed by atoms with Crippen molar-refractivity contribution in [2.24, 2.45) is 11.8 Å². The summed E-state index contributed by atoms with van der Waals surface area (Å²) >= 11 is 0. The van der Waals surface area contributed by atoms with Crippen molar-refractivity contribution in [2.45, 2.75) is 13.8 Å². The topological polar surface area (TPSA) is 54.0 Å². The number of carbonyl (C=O) groups is 1. The number of carbonyl (C=O) groups excluding carboxylic acids is 1. The second-order valence-electron chi connectivity index (χ2n) is 5.53. The average molecular weight is 269 g/mol. The SMILES string of the molecule is Cc1ccc(NC(=O)C(C)C2CNC2)c2cccnc12. The van der Waals surface area contributed by atoms with Crippen molar-refractivity contribution >= 4 is 22.5 Å². The Morgan fingerprint density at radius 3 is 2.90 bits per heavy atom. The maximum Gasteiger partial charge on any atom is 0.227 e. The Hall–Kier alpha value is -1.94. The molecule has 1 saturated heterocycles. The van der Waals surface area contributed by atoms with Crippen molar-refractivity contribution < 1.29 is 4.79 Å². The Balaban J connectivity index is 1.87. The summed E-state index contributed by atoms with van der Waals surface area (Å²) in [6.45, 7) is 5.90. The van der Waals surface area contributed by atoms with Gasteiger partial charge in [-0.1, -0.05) is 13.0 Å². The molecule has 2 heterocycles. The smallest absolute Gasteiger partial charge is 0.227 e. The molecule has 0 bridgehead atoms. The van der Waals surface area contributed by atoms with Gasteiger partial charge in [0.15, 0.2) is 0 Å². The first-order valence-electron chi connectivity index (χ1n) is 7.02. The maximum atomic E-state index is 12.3. The highest BCUT2D eigenvalue weighted by atomic mass is 16.1. The second-order valence-corrected chi connectivity index (χ2v) is 5.53. The fourth-order valence-electron chi connectivity index (χ4n) is 2.55. The van der Waals surface area contributed by atoms with E-state index < -0.39 is 0 Å². The Morgan fingerprint density at radius 1 is 1.40 bits per heavy atom. The second kappa shape index (κ2) is 5.21. The molecular formula is C16H19N3O. The van der Waals surface area contributed by atoms with Crippen molar-refractivity contribution in [2.75, 3.05) is 18.4 Å². The van der Waals surface area contributed by atoms with Gasteiger partial charge in [0.1, 0.15) is 0 Å². The van der Waals surface area contributed by atoms with E-state index in [-0.39, 0.29) is 11.8 Å². The third kappa shape index (κ3) is 2.27. The molecule has 0 saturated carbocycles. The molecule has 1 aliphatic heterocycles. The van der Waals surface area contributed by atoms with Crippen LogP contribution in [0.4, 0.5) is 5.69 Å². The molecule has 1 aromatic carbocycles. The highest BCUT2D eigenvalue weighted by Crippen LogP contribution is 2.26. The minimum absolute atomic E-state index is 0.0317. The monoisotopic (exact) mass is 269 g/mol. The van der Waals surface area contributed by atoms with Crippen LogP contribution in [0.3, 0.4) is 0 Å². The van der Waals surface area contributed by atoms with Gasteiger partial charge in [-0.2, -0.15) is 0 Å². The zero-order chi connectivity index (χ0) is 14.1. The van der Waals surface area contributed by atoms with Crippen LogP contribution in [0.1, 0.15) is 12.5 Å². The number of amides is 1. The fourth-order valence-corrected chi connectivity index (χ4v) is 2.55. The Labute approximate surface area is 118 Å². The number of aromatic nitrogens is 1. The van der Waals surface area contributed by atoms with Crippen LogP contribution in [0.2, 0.25) is 0 Å². The Bertz CT molecular complexity index is 649. The van der Waals surface area contributed by atoms with Crippen molar-refractivity contribution in [3.8, 4) is 0 Å². The van der Waals surface area contributed by atoms with E-state index in [0.29, 0.717) is 5.92 Å². The Kier molecular flexibility index (Phi) is 3.40. The van der Waals surface area contributed by atoms with E-state index in [0.717, 1.165) is 35.2 Å². The first kappa shape index (κ1) is 13.1. The van der Waals surface area contributed by atoms with E-state index in [2.05, 4.69) is 15.6 Å². The van der Waals surface area contributed by atoms with Crippen molar-refractivity contribution in [3.05, 3.63) is 36.0 Å². The number of hydrogen-bond donors (Lipinski definition) is 2. The summed E-state index contributed by atoms with van der Waals surface area (Å²) in [5, 5.41) is 7.26. The lowest BCUT2D eigenvalue weighted by Gasteiger charge is -2.31. The van der Waals surface area contributed by atoms with Crippen LogP contribution < -0.4 is 10.6 Å². The van der Waals surface area contributed by atoms with Gasteiger partial charge >= 0.3 is 0 Å². The number of aryl methyl sites for hydroxylation is 1. The summed E-state index contributed by atoms with van der Waals surface area (Å²) in [5.74, 6) is 0.569. The summed E-state index contributed by atoms with van der Waals surface area (Å²) in [6.07, 6.45) is 1.78. The molecule has 1 atom stereocenters. The van der Waals surface area contributed by atoms with Gasteiger partial charge in [-0.05, 0) is 49.7 Å². The largest absolute Gasteiger partial charge is 0.325 e. The van der Waals surface area contributed by atoms with Gasteiger partial charge in [0.2, 0.25) is 5.91 Å². The third-order valence-corrected chi connectivity index (χ3v) is 4.16. The van der Waals surface area contributed by atoms with Crippen molar-refractivity contribution in [1.29, 1.82) is 0 Å². The lowest BCUT2D eigenvalue weighted by molar-refractivity contribution is -0.121. The van der Waals surface area contributed by atoms with Gasteiger partial charge in [-0.3, -0.25) is 9.78 Å². The average Bonchev–Trinajstić information content (AvgIpc) is 2.40. The van der Waals surface area contributed by atoms with Crippen LogP contribution in [0, 0.1) is 18.8 Å². The zero-order valence-corrected chi connectivity index (χ0v) is 11.8. The van der Waals surface area contributed by atoms with Crippen LogP contribution in [-0.2, 0) is 4.79 Å². The highest BCUT2D eigenvalue weighted by molar-refractivity contribution is 6.02. The molecule has 0 spiro atoms. The van der Waals surface area contributed by atoms with Gasteiger partial charge in [-0.25, -0.2) is 0 Å². The standard InChI is InChI=1S/C16H19N3O/c1-10-5-6-14(13-4-3-7-18-15(10)13)19-16(20)11(2)12-8-17-9-12/h3-7,11-12,17H,8-9H2,1-2H3,(H,19,20). The molecule has 1 aliphatic rings. The Morgan fingerprint density at radius 2 is 2.20 bits per heavy atom. The predicted octanol–water partition coefficient (Wildman–Crippen LogP) is 2.34. The van der Waals surface area contributed by atoms with Gasteiger partial charge in [0.05, 0.1) is 11.2 Å². The molecule has 1 amide bonds.